The van der Waals surface area contributed by atoms with Crippen molar-refractivity contribution in [1.82, 2.24) is 16.0 Å². The molecule has 0 radical (unpaired) electrons. The van der Waals surface area contributed by atoms with Crippen molar-refractivity contribution in [2.45, 2.75) is 25.3 Å². The summed E-state index contributed by atoms with van der Waals surface area (Å²) in [6, 6.07) is 8.48. The Balaban J connectivity index is 0.00000280. The van der Waals surface area contributed by atoms with E-state index in [1.54, 1.807) is 18.4 Å². The van der Waals surface area contributed by atoms with Gasteiger partial charge in [-0.15, -0.1) is 46.7 Å². The maximum absolute atomic E-state index is 11.9. The average molecular weight is 534 g/mol. The Morgan fingerprint density at radius 2 is 1.86 bits per heavy atom. The normalized spacial score (nSPS) is 15.0. The van der Waals surface area contributed by atoms with Gasteiger partial charge >= 0.3 is 0 Å². The second kappa shape index (κ2) is 12.3. The number of carbonyl (C=O) groups excluding carboxylic acids is 1. The minimum atomic E-state index is 0. The van der Waals surface area contributed by atoms with Gasteiger partial charge in [0.05, 0.1) is 9.88 Å². The van der Waals surface area contributed by atoms with E-state index in [-0.39, 0.29) is 29.9 Å². The van der Waals surface area contributed by atoms with Crippen molar-refractivity contribution in [3.63, 3.8) is 0 Å². The number of thiophene rings is 2. The smallest absolute Gasteiger partial charge is 0.261 e. The molecule has 1 fully saturated rings. The van der Waals surface area contributed by atoms with E-state index in [0.717, 1.165) is 49.7 Å². The van der Waals surface area contributed by atoms with Gasteiger partial charge in [-0.1, -0.05) is 6.07 Å². The fourth-order valence-corrected chi connectivity index (χ4v) is 4.50. The van der Waals surface area contributed by atoms with Crippen LogP contribution in [0.1, 0.15) is 28.9 Å². The van der Waals surface area contributed by atoms with E-state index in [0.29, 0.717) is 12.6 Å². The van der Waals surface area contributed by atoms with Crippen LogP contribution in [-0.4, -0.2) is 51.1 Å². The van der Waals surface area contributed by atoms with E-state index in [2.05, 4.69) is 43.4 Å². The van der Waals surface area contributed by atoms with Crippen molar-refractivity contribution in [3.05, 3.63) is 39.9 Å². The van der Waals surface area contributed by atoms with E-state index in [4.69, 9.17) is 0 Å². The summed E-state index contributed by atoms with van der Waals surface area (Å²) in [4.78, 5) is 19.4. The van der Waals surface area contributed by atoms with E-state index in [1.165, 1.54) is 16.3 Å². The van der Waals surface area contributed by atoms with Crippen LogP contribution in [0, 0.1) is 0 Å². The van der Waals surface area contributed by atoms with Crippen molar-refractivity contribution in [2.24, 2.45) is 4.99 Å². The van der Waals surface area contributed by atoms with Gasteiger partial charge in [-0.3, -0.25) is 9.79 Å². The van der Waals surface area contributed by atoms with Crippen LogP contribution < -0.4 is 20.9 Å². The quantitative estimate of drug-likeness (QED) is 0.221. The fourth-order valence-electron chi connectivity index (χ4n) is 3.07. The third-order valence-corrected chi connectivity index (χ3v) is 6.35. The molecule has 1 aliphatic rings. The molecular formula is C19H28IN5OS2. The molecule has 3 N–H and O–H groups in total. The number of anilines is 1. The standard InChI is InChI=1S/C19H27N5OS2.HI/c1-20-19(22-10-4-9-21-18(25)16-5-2-13-26-16)23-15-7-11-24(12-8-15)17-6-3-14-27-17;/h2-3,5-6,13-15H,4,7-12H2,1H3,(H,21,25)(H2,20,22,23);1H. The second-order valence-corrected chi connectivity index (χ2v) is 8.32. The Morgan fingerprint density at radius 1 is 1.14 bits per heavy atom. The summed E-state index contributed by atoms with van der Waals surface area (Å²) < 4.78 is 0. The second-order valence-electron chi connectivity index (χ2n) is 6.44. The van der Waals surface area contributed by atoms with Crippen LogP contribution in [0.25, 0.3) is 0 Å². The van der Waals surface area contributed by atoms with Crippen molar-refractivity contribution in [1.29, 1.82) is 0 Å². The first-order valence-electron chi connectivity index (χ1n) is 9.33. The number of piperidine rings is 1. The molecule has 9 heteroatoms. The van der Waals surface area contributed by atoms with Gasteiger partial charge in [0.25, 0.3) is 5.91 Å². The Labute approximate surface area is 191 Å². The maximum atomic E-state index is 11.9. The zero-order chi connectivity index (χ0) is 18.9. The first-order valence-corrected chi connectivity index (χ1v) is 11.1. The molecule has 0 aliphatic carbocycles. The number of rotatable bonds is 7. The summed E-state index contributed by atoms with van der Waals surface area (Å²) in [7, 11) is 1.80. The molecule has 0 spiro atoms. The van der Waals surface area contributed by atoms with Gasteiger partial charge in [0.1, 0.15) is 0 Å². The number of guanidine groups is 1. The molecule has 0 bridgehead atoms. The average Bonchev–Trinajstić information content (AvgIpc) is 3.41. The lowest BCUT2D eigenvalue weighted by Gasteiger charge is -2.33. The number of nitrogens with zero attached hydrogens (tertiary/aromatic N) is 2. The minimum Gasteiger partial charge on any atom is -0.363 e. The van der Waals surface area contributed by atoms with E-state index < -0.39 is 0 Å². The van der Waals surface area contributed by atoms with Gasteiger partial charge < -0.3 is 20.9 Å². The molecule has 6 nitrogen and oxygen atoms in total. The lowest BCUT2D eigenvalue weighted by molar-refractivity contribution is 0.0957. The van der Waals surface area contributed by atoms with E-state index >= 15 is 0 Å². The summed E-state index contributed by atoms with van der Waals surface area (Å²) in [6.45, 7) is 3.58. The maximum Gasteiger partial charge on any atom is 0.261 e. The first kappa shape index (κ1) is 23.0. The number of hydrogen-bond acceptors (Lipinski definition) is 5. The predicted octanol–water partition coefficient (Wildman–Crippen LogP) is 3.38. The van der Waals surface area contributed by atoms with Crippen molar-refractivity contribution >= 4 is 63.5 Å². The highest BCUT2D eigenvalue weighted by Gasteiger charge is 2.20. The largest absolute Gasteiger partial charge is 0.363 e. The van der Waals surface area contributed by atoms with E-state index in [1.807, 2.05) is 17.5 Å². The topological polar surface area (TPSA) is 68.8 Å². The van der Waals surface area contributed by atoms with Gasteiger partial charge in [-0.25, -0.2) is 0 Å². The molecule has 1 amide bonds. The zero-order valence-corrected chi connectivity index (χ0v) is 20.0. The molecular weight excluding hydrogens is 505 g/mol. The fraction of sp³-hybridized carbons (Fsp3) is 0.474. The third-order valence-electron chi connectivity index (χ3n) is 4.55. The number of amides is 1. The van der Waals surface area contributed by atoms with Crippen LogP contribution in [0.15, 0.2) is 40.0 Å². The molecule has 2 aromatic rings. The van der Waals surface area contributed by atoms with Gasteiger partial charge in [0.2, 0.25) is 0 Å². The number of carbonyl (C=O) groups is 1. The monoisotopic (exact) mass is 533 g/mol. The Kier molecular flexibility index (Phi) is 10.1. The van der Waals surface area contributed by atoms with Crippen LogP contribution in [0.3, 0.4) is 0 Å². The summed E-state index contributed by atoms with van der Waals surface area (Å²) in [5, 5.41) is 15.2. The number of nitrogens with one attached hydrogen (secondary N) is 3. The van der Waals surface area contributed by atoms with E-state index in [9.17, 15) is 4.79 Å². The molecule has 0 saturated carbocycles. The summed E-state index contributed by atoms with van der Waals surface area (Å²) in [5.74, 6) is 0.846. The molecule has 0 aromatic carbocycles. The predicted molar refractivity (Wildman–Crippen MR) is 131 cm³/mol. The Hall–Kier alpha value is -1.33. The molecule has 154 valence electrons. The SMILES string of the molecule is CN=C(NCCCNC(=O)c1cccs1)NC1CCN(c2cccs2)CC1.I. The number of hydrogen-bond donors (Lipinski definition) is 3. The van der Waals surface area contributed by atoms with Crippen LogP contribution in [0.4, 0.5) is 5.00 Å². The third kappa shape index (κ3) is 6.93. The minimum absolute atomic E-state index is 0. The molecule has 28 heavy (non-hydrogen) atoms. The van der Waals surface area contributed by atoms with Gasteiger partial charge in [-0.2, -0.15) is 0 Å². The van der Waals surface area contributed by atoms with Crippen LogP contribution in [0.5, 0.6) is 0 Å². The summed E-state index contributed by atoms with van der Waals surface area (Å²) in [5.41, 5.74) is 0. The molecule has 3 rings (SSSR count). The number of aliphatic imine (C=N–C) groups is 1. The van der Waals surface area contributed by atoms with Crippen LogP contribution in [-0.2, 0) is 0 Å². The van der Waals surface area contributed by atoms with Crippen LogP contribution in [0.2, 0.25) is 0 Å². The molecule has 1 saturated heterocycles. The number of halogens is 1. The molecule has 0 atom stereocenters. The molecule has 0 unspecified atom stereocenters. The lowest BCUT2D eigenvalue weighted by atomic mass is 10.1. The molecule has 3 heterocycles. The summed E-state index contributed by atoms with van der Waals surface area (Å²) in [6.07, 6.45) is 3.07. The Morgan fingerprint density at radius 3 is 2.50 bits per heavy atom. The molecule has 1 aliphatic heterocycles. The zero-order valence-electron chi connectivity index (χ0n) is 16.0. The Bertz CT molecular complexity index is 713. The van der Waals surface area contributed by atoms with Crippen molar-refractivity contribution < 1.29 is 4.79 Å². The van der Waals surface area contributed by atoms with Gasteiger partial charge in [0.15, 0.2) is 5.96 Å². The van der Waals surface area contributed by atoms with Crippen LogP contribution >= 0.6 is 46.7 Å². The highest BCUT2D eigenvalue weighted by Crippen LogP contribution is 2.24. The highest BCUT2D eigenvalue weighted by atomic mass is 127. The summed E-state index contributed by atoms with van der Waals surface area (Å²) >= 11 is 3.27. The van der Waals surface area contributed by atoms with Gasteiger partial charge in [0, 0.05) is 39.3 Å². The highest BCUT2D eigenvalue weighted by molar-refractivity contribution is 14.0. The lowest BCUT2D eigenvalue weighted by Crippen LogP contribution is -2.49. The van der Waals surface area contributed by atoms with Crippen molar-refractivity contribution in [3.8, 4) is 0 Å². The first-order chi connectivity index (χ1) is 13.3. The van der Waals surface area contributed by atoms with Crippen molar-refractivity contribution in [2.75, 3.05) is 38.1 Å². The molecule has 2 aromatic heterocycles. The van der Waals surface area contributed by atoms with Gasteiger partial charge in [-0.05, 0) is 48.2 Å².